The summed E-state index contributed by atoms with van der Waals surface area (Å²) in [4.78, 5) is 34.5. The Morgan fingerprint density at radius 3 is 2.69 bits per heavy atom. The minimum absolute atomic E-state index is 0.0562. The number of thiophene rings is 1. The Morgan fingerprint density at radius 2 is 1.97 bits per heavy atom. The number of benzene rings is 1. The maximum absolute atomic E-state index is 11.1. The van der Waals surface area contributed by atoms with Gasteiger partial charge in [0.15, 0.2) is 11.6 Å². The van der Waals surface area contributed by atoms with E-state index in [4.69, 9.17) is 25.5 Å². The van der Waals surface area contributed by atoms with Crippen LogP contribution in [0.1, 0.15) is 20.8 Å². The third-order valence-electron chi connectivity index (χ3n) is 5.76. The normalized spacial score (nSPS) is 13.8. The Labute approximate surface area is 206 Å². The number of morpholine rings is 1. The number of carbonyl (C=O) groups is 1. The average molecular weight is 492 g/mol. The van der Waals surface area contributed by atoms with Gasteiger partial charge in [-0.3, -0.25) is 0 Å². The highest BCUT2D eigenvalue weighted by molar-refractivity contribution is 7.19. The lowest BCUT2D eigenvalue weighted by atomic mass is 10.1. The molecule has 1 saturated heterocycles. The summed E-state index contributed by atoms with van der Waals surface area (Å²) in [5.41, 5.74) is 8.75. The largest absolute Gasteiger partial charge is 0.478 e. The van der Waals surface area contributed by atoms with E-state index in [2.05, 4.69) is 20.9 Å². The second kappa shape index (κ2) is 9.90. The Balaban J connectivity index is 1.51. The number of ether oxygens (including phenoxy) is 1. The first-order valence-corrected chi connectivity index (χ1v) is 12.0. The van der Waals surface area contributed by atoms with E-state index in [0.29, 0.717) is 38.1 Å². The van der Waals surface area contributed by atoms with Crippen molar-refractivity contribution in [1.82, 2.24) is 19.9 Å². The molecule has 1 fully saturated rings. The molecule has 3 aromatic heterocycles. The third-order valence-corrected chi connectivity index (χ3v) is 6.86. The molecule has 3 N–H and O–H groups in total. The summed E-state index contributed by atoms with van der Waals surface area (Å²) < 4.78 is 6.58. The van der Waals surface area contributed by atoms with Crippen LogP contribution in [0, 0.1) is 0 Å². The molecular formula is C24H25N7O3S. The predicted molar refractivity (Wildman–Crippen MR) is 135 cm³/mol. The van der Waals surface area contributed by atoms with E-state index in [1.165, 1.54) is 12.4 Å². The molecule has 0 aliphatic carbocycles. The van der Waals surface area contributed by atoms with Gasteiger partial charge in [0.05, 0.1) is 35.5 Å². The lowest BCUT2D eigenvalue weighted by Crippen LogP contribution is -2.36. The predicted octanol–water partition coefficient (Wildman–Crippen LogP) is 2.78. The molecule has 10 nitrogen and oxygen atoms in total. The molecular weight excluding hydrogens is 466 g/mol. The van der Waals surface area contributed by atoms with Crippen LogP contribution in [0.5, 0.6) is 0 Å². The van der Waals surface area contributed by atoms with Gasteiger partial charge in [-0.2, -0.15) is 0 Å². The fraction of sp³-hybridized carbons (Fsp3) is 0.292. The van der Waals surface area contributed by atoms with Crippen LogP contribution in [-0.4, -0.2) is 64.4 Å². The van der Waals surface area contributed by atoms with Crippen molar-refractivity contribution in [3.05, 3.63) is 58.7 Å². The number of rotatable bonds is 7. The second-order valence-electron chi connectivity index (χ2n) is 8.23. The van der Waals surface area contributed by atoms with Crippen LogP contribution >= 0.6 is 11.3 Å². The molecule has 0 bridgehead atoms. The van der Waals surface area contributed by atoms with Gasteiger partial charge < -0.3 is 25.4 Å². The number of fused-ring (bicyclic) bond motifs is 1. The van der Waals surface area contributed by atoms with Gasteiger partial charge in [-0.1, -0.05) is 18.2 Å². The Morgan fingerprint density at radius 1 is 1.20 bits per heavy atom. The number of nitrogens with zero attached hydrogens (tertiary/aromatic N) is 6. The zero-order valence-corrected chi connectivity index (χ0v) is 20.0. The Hall–Kier alpha value is -3.67. The summed E-state index contributed by atoms with van der Waals surface area (Å²) in [5.74, 6) is 0.976. The van der Waals surface area contributed by atoms with Gasteiger partial charge in [-0.25, -0.2) is 24.7 Å². The minimum Gasteiger partial charge on any atom is -0.478 e. The fourth-order valence-electron chi connectivity index (χ4n) is 3.93. The van der Waals surface area contributed by atoms with Crippen molar-refractivity contribution in [2.45, 2.75) is 13.1 Å². The van der Waals surface area contributed by atoms with E-state index < -0.39 is 5.97 Å². The van der Waals surface area contributed by atoms with Crippen LogP contribution < -0.4 is 15.5 Å². The zero-order chi connectivity index (χ0) is 24.4. The SMILES string of the molecule is CN(Cc1cc2nc(-c3cccc(CN)c3)nc(N3CCOCC3)c2s1)c1ncc(C(=O)O)cn1. The molecule has 0 unspecified atom stereocenters. The highest BCUT2D eigenvalue weighted by atomic mass is 32.1. The first-order valence-electron chi connectivity index (χ1n) is 11.2. The van der Waals surface area contributed by atoms with E-state index in [-0.39, 0.29) is 5.56 Å². The van der Waals surface area contributed by atoms with Crippen LogP contribution in [0.2, 0.25) is 0 Å². The van der Waals surface area contributed by atoms with Crippen LogP contribution in [0.3, 0.4) is 0 Å². The molecule has 4 heterocycles. The van der Waals surface area contributed by atoms with Crippen molar-refractivity contribution in [1.29, 1.82) is 0 Å². The summed E-state index contributed by atoms with van der Waals surface area (Å²) in [6.45, 7) is 3.86. The minimum atomic E-state index is -1.05. The van der Waals surface area contributed by atoms with Crippen molar-refractivity contribution < 1.29 is 14.6 Å². The van der Waals surface area contributed by atoms with E-state index in [0.717, 1.165) is 45.1 Å². The second-order valence-corrected chi connectivity index (χ2v) is 9.37. The van der Waals surface area contributed by atoms with E-state index in [1.54, 1.807) is 11.3 Å². The van der Waals surface area contributed by atoms with Crippen molar-refractivity contribution in [2.75, 3.05) is 43.2 Å². The molecule has 1 aromatic carbocycles. The summed E-state index contributed by atoms with van der Waals surface area (Å²) in [6, 6.07) is 10.1. The molecule has 0 radical (unpaired) electrons. The number of hydrogen-bond acceptors (Lipinski definition) is 10. The number of anilines is 2. The molecule has 1 aliphatic rings. The Kier molecular flexibility index (Phi) is 6.53. The molecule has 0 atom stereocenters. The number of nitrogens with two attached hydrogens (primary N) is 1. The van der Waals surface area contributed by atoms with Gasteiger partial charge in [0.25, 0.3) is 0 Å². The number of hydrogen-bond donors (Lipinski definition) is 2. The van der Waals surface area contributed by atoms with E-state index in [1.807, 2.05) is 36.2 Å². The molecule has 0 saturated carbocycles. The maximum Gasteiger partial charge on any atom is 0.338 e. The van der Waals surface area contributed by atoms with E-state index in [9.17, 15) is 4.79 Å². The molecule has 180 valence electrons. The third kappa shape index (κ3) is 4.92. The van der Waals surface area contributed by atoms with Gasteiger partial charge in [0.1, 0.15) is 0 Å². The number of aromatic carboxylic acids is 1. The van der Waals surface area contributed by atoms with Gasteiger partial charge in [-0.15, -0.1) is 11.3 Å². The van der Waals surface area contributed by atoms with Crippen LogP contribution in [0.25, 0.3) is 21.6 Å². The van der Waals surface area contributed by atoms with Crippen LogP contribution in [0.15, 0.2) is 42.7 Å². The van der Waals surface area contributed by atoms with Crippen molar-refractivity contribution >= 4 is 39.3 Å². The smallest absolute Gasteiger partial charge is 0.338 e. The molecule has 11 heteroatoms. The monoisotopic (exact) mass is 491 g/mol. The zero-order valence-electron chi connectivity index (χ0n) is 19.2. The highest BCUT2D eigenvalue weighted by Crippen LogP contribution is 2.35. The first kappa shape index (κ1) is 23.1. The molecule has 0 amide bonds. The summed E-state index contributed by atoms with van der Waals surface area (Å²) in [6.07, 6.45) is 2.63. The topological polar surface area (TPSA) is 131 Å². The van der Waals surface area contributed by atoms with Crippen molar-refractivity contribution in [2.24, 2.45) is 5.73 Å². The van der Waals surface area contributed by atoms with Gasteiger partial charge in [0.2, 0.25) is 5.95 Å². The standard InChI is InChI=1S/C24H25N7O3S/c1-30(24-26-12-17(13-27-24)23(32)33)14-18-10-19-20(35-18)22(31-5-7-34-8-6-31)29-21(28-19)16-4-2-3-15(9-16)11-25/h2-4,9-10,12-13H,5-8,11,14,25H2,1H3,(H,32,33). The summed E-state index contributed by atoms with van der Waals surface area (Å²) in [5, 5.41) is 9.07. The Bertz CT molecular complexity index is 1350. The first-order chi connectivity index (χ1) is 17.0. The van der Waals surface area contributed by atoms with Crippen LogP contribution in [0.4, 0.5) is 11.8 Å². The van der Waals surface area contributed by atoms with Crippen molar-refractivity contribution in [3.63, 3.8) is 0 Å². The molecule has 5 rings (SSSR count). The highest BCUT2D eigenvalue weighted by Gasteiger charge is 2.21. The molecule has 35 heavy (non-hydrogen) atoms. The van der Waals surface area contributed by atoms with Gasteiger partial charge >= 0.3 is 5.97 Å². The maximum atomic E-state index is 11.1. The molecule has 4 aromatic rings. The fourth-order valence-corrected chi connectivity index (χ4v) is 5.10. The van der Waals surface area contributed by atoms with Gasteiger partial charge in [0, 0.05) is 49.5 Å². The molecule has 0 spiro atoms. The van der Waals surface area contributed by atoms with Gasteiger partial charge in [-0.05, 0) is 17.7 Å². The quantitative estimate of drug-likeness (QED) is 0.398. The number of aromatic nitrogens is 4. The number of carboxylic acid groups (broad SMARTS) is 1. The number of carboxylic acids is 1. The summed E-state index contributed by atoms with van der Waals surface area (Å²) in [7, 11) is 1.87. The molecule has 1 aliphatic heterocycles. The average Bonchev–Trinajstić information content (AvgIpc) is 3.31. The van der Waals surface area contributed by atoms with E-state index >= 15 is 0 Å². The summed E-state index contributed by atoms with van der Waals surface area (Å²) >= 11 is 1.64. The lowest BCUT2D eigenvalue weighted by molar-refractivity contribution is 0.0696. The van der Waals surface area contributed by atoms with Crippen molar-refractivity contribution in [3.8, 4) is 11.4 Å². The lowest BCUT2D eigenvalue weighted by Gasteiger charge is -2.28. The van der Waals surface area contributed by atoms with Crippen LogP contribution in [-0.2, 0) is 17.8 Å².